The Labute approximate surface area is 81.3 Å². The molecule has 2 heterocycles. The van der Waals surface area contributed by atoms with Gasteiger partial charge in [-0.2, -0.15) is 16.7 Å². The van der Waals surface area contributed by atoms with E-state index in [0.29, 0.717) is 24.8 Å². The molecule has 1 aromatic rings. The maximum atomic E-state index is 5.39. The van der Waals surface area contributed by atoms with Crippen LogP contribution in [0, 0.1) is 0 Å². The molecule has 0 bridgehead atoms. The molecule has 72 valence electrons. The van der Waals surface area contributed by atoms with Gasteiger partial charge in [0.2, 0.25) is 5.89 Å². The number of nitrogens with zero attached hydrogens (tertiary/aromatic N) is 2. The Balaban J connectivity index is 2.03. The Hall–Kier alpha value is -0.550. The van der Waals surface area contributed by atoms with E-state index in [9.17, 15) is 0 Å². The molecule has 0 radical (unpaired) electrons. The Morgan fingerprint density at radius 2 is 2.54 bits per heavy atom. The fraction of sp³-hybridized carbons (Fsp3) is 0.750. The summed E-state index contributed by atoms with van der Waals surface area (Å²) in [4.78, 5) is 4.31. The van der Waals surface area contributed by atoms with Gasteiger partial charge in [-0.05, 0) is 12.2 Å². The molecule has 0 aliphatic carbocycles. The van der Waals surface area contributed by atoms with Crippen LogP contribution in [0.5, 0.6) is 0 Å². The molecule has 1 saturated heterocycles. The van der Waals surface area contributed by atoms with E-state index in [0.717, 1.165) is 11.6 Å². The molecule has 2 N–H and O–H groups in total. The Morgan fingerprint density at radius 3 is 3.23 bits per heavy atom. The Morgan fingerprint density at radius 1 is 1.62 bits per heavy atom. The number of hydrogen-bond acceptors (Lipinski definition) is 5. The lowest BCUT2D eigenvalue weighted by Crippen LogP contribution is -2.03. The molecular formula is C8H13N3OS. The highest BCUT2D eigenvalue weighted by atomic mass is 32.2. The van der Waals surface area contributed by atoms with Gasteiger partial charge in [0.05, 0.1) is 0 Å². The van der Waals surface area contributed by atoms with Crippen molar-refractivity contribution in [1.29, 1.82) is 0 Å². The zero-order chi connectivity index (χ0) is 9.10. The van der Waals surface area contributed by atoms with E-state index in [4.69, 9.17) is 10.3 Å². The van der Waals surface area contributed by atoms with Crippen molar-refractivity contribution >= 4 is 11.8 Å². The van der Waals surface area contributed by atoms with Gasteiger partial charge in [-0.1, -0.05) is 5.16 Å². The normalized spacial score (nSPS) is 22.4. The molecular weight excluding hydrogens is 186 g/mol. The van der Waals surface area contributed by atoms with Crippen LogP contribution in [0.25, 0.3) is 0 Å². The molecule has 1 aliphatic heterocycles. The van der Waals surface area contributed by atoms with E-state index in [2.05, 4.69) is 10.1 Å². The molecule has 1 atom stereocenters. The first-order chi connectivity index (χ1) is 6.40. The SMILES string of the molecule is NCCc1nc(C2CCSC2)no1. The van der Waals surface area contributed by atoms with Crippen molar-refractivity contribution in [3.05, 3.63) is 11.7 Å². The summed E-state index contributed by atoms with van der Waals surface area (Å²) in [5.74, 6) is 4.38. The van der Waals surface area contributed by atoms with Crippen molar-refractivity contribution in [2.75, 3.05) is 18.1 Å². The Kier molecular flexibility index (Phi) is 2.85. The standard InChI is InChI=1S/C8H13N3OS/c9-3-1-7-10-8(11-12-7)6-2-4-13-5-6/h6H,1-5,9H2. The van der Waals surface area contributed by atoms with Crippen LogP contribution in [-0.4, -0.2) is 28.2 Å². The highest BCUT2D eigenvalue weighted by Gasteiger charge is 2.22. The van der Waals surface area contributed by atoms with E-state index in [1.165, 1.54) is 12.2 Å². The van der Waals surface area contributed by atoms with Gasteiger partial charge < -0.3 is 10.3 Å². The van der Waals surface area contributed by atoms with Crippen molar-refractivity contribution in [2.24, 2.45) is 5.73 Å². The van der Waals surface area contributed by atoms with Crippen molar-refractivity contribution in [1.82, 2.24) is 10.1 Å². The van der Waals surface area contributed by atoms with E-state index >= 15 is 0 Å². The van der Waals surface area contributed by atoms with Crippen LogP contribution in [-0.2, 0) is 6.42 Å². The van der Waals surface area contributed by atoms with E-state index < -0.39 is 0 Å². The monoisotopic (exact) mass is 199 g/mol. The summed E-state index contributed by atoms with van der Waals surface area (Å²) >= 11 is 1.95. The summed E-state index contributed by atoms with van der Waals surface area (Å²) < 4.78 is 5.07. The lowest BCUT2D eigenvalue weighted by molar-refractivity contribution is 0.372. The second-order valence-electron chi connectivity index (χ2n) is 3.15. The van der Waals surface area contributed by atoms with E-state index in [1.54, 1.807) is 0 Å². The van der Waals surface area contributed by atoms with Crippen LogP contribution in [0.15, 0.2) is 4.52 Å². The first-order valence-corrected chi connectivity index (χ1v) is 5.66. The number of thioether (sulfide) groups is 1. The molecule has 13 heavy (non-hydrogen) atoms. The van der Waals surface area contributed by atoms with Crippen molar-refractivity contribution < 1.29 is 4.52 Å². The third kappa shape index (κ3) is 2.03. The predicted octanol–water partition coefficient (Wildman–Crippen LogP) is 0.791. The number of nitrogens with two attached hydrogens (primary N) is 1. The van der Waals surface area contributed by atoms with E-state index in [-0.39, 0.29) is 0 Å². The predicted molar refractivity (Wildman–Crippen MR) is 51.7 cm³/mol. The summed E-state index contributed by atoms with van der Waals surface area (Å²) in [5.41, 5.74) is 5.39. The van der Waals surface area contributed by atoms with Gasteiger partial charge >= 0.3 is 0 Å². The second kappa shape index (κ2) is 4.11. The minimum Gasteiger partial charge on any atom is -0.339 e. The molecule has 1 aliphatic rings. The average molecular weight is 199 g/mol. The lowest BCUT2D eigenvalue weighted by Gasteiger charge is -1.98. The molecule has 4 nitrogen and oxygen atoms in total. The average Bonchev–Trinajstić information content (AvgIpc) is 2.70. The molecule has 0 saturated carbocycles. The maximum Gasteiger partial charge on any atom is 0.227 e. The first-order valence-electron chi connectivity index (χ1n) is 4.50. The maximum absolute atomic E-state index is 5.39. The molecule has 1 aromatic heterocycles. The van der Waals surface area contributed by atoms with Gasteiger partial charge in [0.25, 0.3) is 0 Å². The smallest absolute Gasteiger partial charge is 0.227 e. The first kappa shape index (κ1) is 9.02. The highest BCUT2D eigenvalue weighted by Crippen LogP contribution is 2.30. The number of hydrogen-bond donors (Lipinski definition) is 1. The van der Waals surface area contributed by atoms with E-state index in [1.807, 2.05) is 11.8 Å². The van der Waals surface area contributed by atoms with Gasteiger partial charge in [0, 0.05) is 24.6 Å². The molecule has 0 spiro atoms. The van der Waals surface area contributed by atoms with Gasteiger partial charge in [-0.3, -0.25) is 0 Å². The van der Waals surface area contributed by atoms with Crippen molar-refractivity contribution in [3.63, 3.8) is 0 Å². The van der Waals surface area contributed by atoms with Crippen LogP contribution < -0.4 is 5.73 Å². The summed E-state index contributed by atoms with van der Waals surface area (Å²) in [5, 5.41) is 3.96. The topological polar surface area (TPSA) is 64.9 Å². The summed E-state index contributed by atoms with van der Waals surface area (Å²) in [6, 6.07) is 0. The number of aromatic nitrogens is 2. The molecule has 0 amide bonds. The lowest BCUT2D eigenvalue weighted by atomic mass is 10.1. The molecule has 2 rings (SSSR count). The van der Waals surface area contributed by atoms with Gasteiger partial charge in [-0.15, -0.1) is 0 Å². The van der Waals surface area contributed by atoms with Crippen LogP contribution in [0.2, 0.25) is 0 Å². The molecule has 1 unspecified atom stereocenters. The largest absolute Gasteiger partial charge is 0.339 e. The van der Waals surface area contributed by atoms with Crippen molar-refractivity contribution in [2.45, 2.75) is 18.8 Å². The second-order valence-corrected chi connectivity index (χ2v) is 4.30. The van der Waals surface area contributed by atoms with Crippen molar-refractivity contribution in [3.8, 4) is 0 Å². The zero-order valence-corrected chi connectivity index (χ0v) is 8.22. The number of rotatable bonds is 3. The third-order valence-electron chi connectivity index (χ3n) is 2.14. The minimum absolute atomic E-state index is 0.500. The fourth-order valence-electron chi connectivity index (χ4n) is 1.40. The van der Waals surface area contributed by atoms with Gasteiger partial charge in [-0.25, -0.2) is 0 Å². The molecule has 5 heteroatoms. The van der Waals surface area contributed by atoms with Crippen LogP contribution >= 0.6 is 11.8 Å². The summed E-state index contributed by atoms with van der Waals surface area (Å²) in [6.45, 7) is 0.570. The fourth-order valence-corrected chi connectivity index (χ4v) is 2.62. The molecule has 0 aromatic carbocycles. The minimum atomic E-state index is 0.500. The van der Waals surface area contributed by atoms with Gasteiger partial charge in [0.1, 0.15) is 0 Å². The highest BCUT2D eigenvalue weighted by molar-refractivity contribution is 7.99. The zero-order valence-electron chi connectivity index (χ0n) is 7.40. The Bertz CT molecular complexity index is 270. The van der Waals surface area contributed by atoms with Crippen LogP contribution in [0.1, 0.15) is 24.1 Å². The summed E-state index contributed by atoms with van der Waals surface area (Å²) in [6.07, 6.45) is 1.86. The molecule has 1 fully saturated rings. The van der Waals surface area contributed by atoms with Crippen LogP contribution in [0.3, 0.4) is 0 Å². The third-order valence-corrected chi connectivity index (χ3v) is 3.30. The van der Waals surface area contributed by atoms with Crippen LogP contribution in [0.4, 0.5) is 0 Å². The van der Waals surface area contributed by atoms with Gasteiger partial charge in [0.15, 0.2) is 5.82 Å². The summed E-state index contributed by atoms with van der Waals surface area (Å²) in [7, 11) is 0. The quantitative estimate of drug-likeness (QED) is 0.779.